The molecule has 4 rings (SSSR count). The van der Waals surface area contributed by atoms with Crippen LogP contribution in [-0.2, 0) is 12.7 Å². The van der Waals surface area contributed by atoms with E-state index in [0.29, 0.717) is 6.20 Å². The molecular formula is C24H19F7N6O3. The highest BCUT2D eigenvalue weighted by Gasteiger charge is 2.38. The molecule has 9 nitrogen and oxygen atoms in total. The number of hydrogen-bond acceptors (Lipinski definition) is 7. The molecule has 0 aliphatic heterocycles. The van der Waals surface area contributed by atoms with Gasteiger partial charge in [0, 0.05) is 25.0 Å². The Hall–Kier alpha value is -4.34. The van der Waals surface area contributed by atoms with Crippen molar-refractivity contribution in [3.63, 3.8) is 0 Å². The third-order valence-corrected chi connectivity index (χ3v) is 5.88. The lowest BCUT2D eigenvalue weighted by Gasteiger charge is -2.22. The minimum atomic E-state index is -5.05. The van der Waals surface area contributed by atoms with Crippen LogP contribution >= 0.6 is 0 Å². The fraction of sp³-hybridized carbons (Fsp3) is 0.292. The smallest absolute Gasteiger partial charge is 0.394 e. The van der Waals surface area contributed by atoms with Crippen LogP contribution in [0.25, 0.3) is 22.2 Å². The molecular weight excluding hydrogens is 553 g/mol. The summed E-state index contributed by atoms with van der Waals surface area (Å²) in [5.41, 5.74) is -5.28. The molecule has 0 aliphatic carbocycles. The Morgan fingerprint density at radius 3 is 2.40 bits per heavy atom. The Morgan fingerprint density at radius 2 is 1.77 bits per heavy atom. The van der Waals surface area contributed by atoms with Crippen molar-refractivity contribution in [3.8, 4) is 11.4 Å². The molecule has 3 N–H and O–H groups in total. The van der Waals surface area contributed by atoms with E-state index < -0.39 is 78.1 Å². The lowest BCUT2D eigenvalue weighted by atomic mass is 10.1. The van der Waals surface area contributed by atoms with Gasteiger partial charge in [0.2, 0.25) is 0 Å². The van der Waals surface area contributed by atoms with Crippen molar-refractivity contribution < 1.29 is 35.8 Å². The molecule has 16 heteroatoms. The molecule has 0 spiro atoms. The number of anilines is 1. The Kier molecular flexibility index (Phi) is 8.18. The van der Waals surface area contributed by atoms with Crippen LogP contribution in [-0.4, -0.2) is 48.7 Å². The van der Waals surface area contributed by atoms with Gasteiger partial charge in [-0.3, -0.25) is 9.59 Å². The maximum absolute atomic E-state index is 14.9. The Labute approximate surface area is 219 Å². The second kappa shape index (κ2) is 11.4. The summed E-state index contributed by atoms with van der Waals surface area (Å²) < 4.78 is 95.9. The molecule has 0 unspecified atom stereocenters. The minimum Gasteiger partial charge on any atom is -0.394 e. The zero-order chi connectivity index (χ0) is 29.2. The number of aromatic nitrogens is 5. The number of halogens is 7. The third-order valence-electron chi connectivity index (χ3n) is 5.88. The molecule has 0 saturated carbocycles. The number of aliphatic hydroxyl groups excluding tert-OH is 1. The van der Waals surface area contributed by atoms with Crippen molar-refractivity contribution in [1.82, 2.24) is 24.7 Å². The standard InChI is InChI=1S/C24H19F7N6O3/c25-13(4-14(10-38)35-18-8-34-36-22(39)19(18)24(29,30)31)9-37-2-1-11-3-16(17(26)5-15(11)23(37)40)21-32-6-12(7-33-21)20(27)28/h1-3,5-8,13-14,20,38H,4,9-10H2,(H2,35,36,39)/t13-,14-/m1/s1. The number of pyridine rings is 1. The van der Waals surface area contributed by atoms with Crippen molar-refractivity contribution in [1.29, 1.82) is 0 Å². The molecule has 40 heavy (non-hydrogen) atoms. The first-order chi connectivity index (χ1) is 18.9. The summed E-state index contributed by atoms with van der Waals surface area (Å²) in [6.45, 7) is -1.40. The van der Waals surface area contributed by atoms with E-state index in [1.807, 2.05) is 0 Å². The van der Waals surface area contributed by atoms with Crippen LogP contribution in [0.3, 0.4) is 0 Å². The van der Waals surface area contributed by atoms with E-state index in [0.717, 1.165) is 23.0 Å². The summed E-state index contributed by atoms with van der Waals surface area (Å²) in [7, 11) is 0. The van der Waals surface area contributed by atoms with Crippen LogP contribution in [0.5, 0.6) is 0 Å². The molecule has 212 valence electrons. The van der Waals surface area contributed by atoms with Crippen molar-refractivity contribution in [2.75, 3.05) is 11.9 Å². The number of alkyl halides is 6. The number of fused-ring (bicyclic) bond motifs is 1. The lowest BCUT2D eigenvalue weighted by molar-refractivity contribution is -0.138. The predicted octanol–water partition coefficient (Wildman–Crippen LogP) is 3.84. The molecule has 2 atom stereocenters. The molecule has 3 aromatic heterocycles. The van der Waals surface area contributed by atoms with Gasteiger partial charge in [0.1, 0.15) is 17.6 Å². The minimum absolute atomic E-state index is 0.138. The van der Waals surface area contributed by atoms with Gasteiger partial charge >= 0.3 is 6.18 Å². The van der Waals surface area contributed by atoms with Crippen LogP contribution in [0, 0.1) is 5.82 Å². The van der Waals surface area contributed by atoms with Gasteiger partial charge in [0.25, 0.3) is 17.5 Å². The van der Waals surface area contributed by atoms with Gasteiger partial charge in [0.15, 0.2) is 5.82 Å². The van der Waals surface area contributed by atoms with Crippen LogP contribution in [0.15, 0.2) is 52.6 Å². The number of nitrogens with zero attached hydrogens (tertiary/aromatic N) is 4. The van der Waals surface area contributed by atoms with Crippen LogP contribution in [0.1, 0.15) is 24.0 Å². The second-order valence-electron chi connectivity index (χ2n) is 8.68. The molecule has 0 radical (unpaired) electrons. The molecule has 4 aromatic rings. The quantitative estimate of drug-likeness (QED) is 0.260. The molecule has 0 saturated heterocycles. The molecule has 0 amide bonds. The Morgan fingerprint density at radius 1 is 1.07 bits per heavy atom. The predicted molar refractivity (Wildman–Crippen MR) is 128 cm³/mol. The maximum atomic E-state index is 14.9. The fourth-order valence-corrected chi connectivity index (χ4v) is 4.00. The highest BCUT2D eigenvalue weighted by molar-refractivity contribution is 5.86. The summed E-state index contributed by atoms with van der Waals surface area (Å²) in [4.78, 5) is 32.0. The van der Waals surface area contributed by atoms with E-state index >= 15 is 0 Å². The number of rotatable bonds is 9. The summed E-state index contributed by atoms with van der Waals surface area (Å²) in [5.74, 6) is -1.12. The zero-order valence-electron chi connectivity index (χ0n) is 20.1. The maximum Gasteiger partial charge on any atom is 0.423 e. The molecule has 3 heterocycles. The third kappa shape index (κ3) is 6.11. The summed E-state index contributed by atoms with van der Waals surface area (Å²) >= 11 is 0. The van der Waals surface area contributed by atoms with E-state index in [2.05, 4.69) is 20.4 Å². The SMILES string of the molecule is O=c1[nH]ncc(N[C@@H](CO)C[C@@H](F)Cn2ccc3cc(-c4ncc(C(F)F)cn4)c(F)cc3c2=O)c1C(F)(F)F. The number of aliphatic hydroxyl groups is 1. The molecule has 1 aromatic carbocycles. The average Bonchev–Trinajstić information content (AvgIpc) is 2.89. The molecule has 0 bridgehead atoms. The first kappa shape index (κ1) is 28.7. The van der Waals surface area contributed by atoms with E-state index in [1.54, 1.807) is 5.10 Å². The van der Waals surface area contributed by atoms with E-state index in [4.69, 9.17) is 0 Å². The van der Waals surface area contributed by atoms with Crippen LogP contribution in [0.2, 0.25) is 0 Å². The fourth-order valence-electron chi connectivity index (χ4n) is 4.00. The Balaban J connectivity index is 1.53. The highest BCUT2D eigenvalue weighted by atomic mass is 19.4. The van der Waals surface area contributed by atoms with Gasteiger partial charge in [-0.25, -0.2) is 32.6 Å². The van der Waals surface area contributed by atoms with Gasteiger partial charge in [-0.05, 0) is 23.6 Å². The van der Waals surface area contributed by atoms with Gasteiger partial charge in [-0.2, -0.15) is 18.3 Å². The van der Waals surface area contributed by atoms with Crippen LogP contribution < -0.4 is 16.4 Å². The van der Waals surface area contributed by atoms with E-state index in [1.165, 1.54) is 18.3 Å². The van der Waals surface area contributed by atoms with Gasteiger partial charge in [-0.15, -0.1) is 0 Å². The largest absolute Gasteiger partial charge is 0.423 e. The van der Waals surface area contributed by atoms with Crippen LogP contribution in [0.4, 0.5) is 36.4 Å². The normalized spacial score (nSPS) is 13.5. The van der Waals surface area contributed by atoms with Gasteiger partial charge in [-0.1, -0.05) is 0 Å². The summed E-state index contributed by atoms with van der Waals surface area (Å²) in [6, 6.07) is 2.20. The summed E-state index contributed by atoms with van der Waals surface area (Å²) in [6.07, 6.45) is -6.71. The van der Waals surface area contributed by atoms with Crippen molar-refractivity contribution >= 4 is 16.5 Å². The summed E-state index contributed by atoms with van der Waals surface area (Å²) in [5, 5.41) is 16.9. The monoisotopic (exact) mass is 572 g/mol. The first-order valence-electron chi connectivity index (χ1n) is 11.5. The molecule has 0 fully saturated rings. The zero-order valence-corrected chi connectivity index (χ0v) is 20.1. The van der Waals surface area contributed by atoms with Crippen molar-refractivity contribution in [2.45, 2.75) is 37.8 Å². The van der Waals surface area contributed by atoms with E-state index in [9.17, 15) is 45.4 Å². The second-order valence-corrected chi connectivity index (χ2v) is 8.68. The highest BCUT2D eigenvalue weighted by Crippen LogP contribution is 2.32. The van der Waals surface area contributed by atoms with Gasteiger partial charge in [0.05, 0.1) is 47.6 Å². The average molecular weight is 572 g/mol. The van der Waals surface area contributed by atoms with Crippen molar-refractivity contribution in [3.05, 3.63) is 80.6 Å². The van der Waals surface area contributed by atoms with Gasteiger partial charge < -0.3 is 15.0 Å². The number of benzene rings is 1. The lowest BCUT2D eigenvalue weighted by Crippen LogP contribution is -2.33. The molecule has 0 aliphatic rings. The number of aromatic amines is 1. The number of nitrogens with one attached hydrogen (secondary N) is 2. The Bertz CT molecular complexity index is 1620. The first-order valence-corrected chi connectivity index (χ1v) is 11.5. The van der Waals surface area contributed by atoms with E-state index in [-0.39, 0.29) is 22.2 Å². The number of H-pyrrole nitrogens is 1. The topological polar surface area (TPSA) is 126 Å². The number of hydrogen-bond donors (Lipinski definition) is 3. The van der Waals surface area contributed by atoms with Crippen molar-refractivity contribution in [2.24, 2.45) is 0 Å².